The van der Waals surface area contributed by atoms with Crippen molar-refractivity contribution in [1.82, 2.24) is 0 Å². The quantitative estimate of drug-likeness (QED) is 0.498. The minimum atomic E-state index is -1.62. The standard InChI is InChI=1S/C22H21BrO6/c1-21(2)28-19(25)22(20(26)29-21,12-14-8-10-16(23)11-9-14)13-15-6-4-5-7-17(15)18(24)27-3/h4-11H,12-13H2,1-3H3. The Morgan fingerprint density at radius 1 is 0.966 bits per heavy atom. The molecule has 0 spiro atoms. The molecule has 0 saturated carbocycles. The van der Waals surface area contributed by atoms with E-state index in [1.54, 1.807) is 24.3 Å². The van der Waals surface area contributed by atoms with E-state index in [4.69, 9.17) is 14.2 Å². The number of hydrogen-bond donors (Lipinski definition) is 0. The summed E-state index contributed by atoms with van der Waals surface area (Å²) in [6, 6.07) is 14.0. The second kappa shape index (κ2) is 7.99. The lowest BCUT2D eigenvalue weighted by atomic mass is 9.75. The van der Waals surface area contributed by atoms with Crippen LogP contribution in [0.4, 0.5) is 0 Å². The third-order valence-corrected chi connectivity index (χ3v) is 5.32. The summed E-state index contributed by atoms with van der Waals surface area (Å²) in [7, 11) is 1.28. The Balaban J connectivity index is 2.07. The Labute approximate surface area is 177 Å². The van der Waals surface area contributed by atoms with E-state index in [-0.39, 0.29) is 18.4 Å². The Morgan fingerprint density at radius 3 is 2.14 bits per heavy atom. The summed E-state index contributed by atoms with van der Waals surface area (Å²) in [5, 5.41) is 0. The second-order valence-corrected chi connectivity index (χ2v) is 8.31. The van der Waals surface area contributed by atoms with Crippen molar-refractivity contribution in [3.63, 3.8) is 0 Å². The van der Waals surface area contributed by atoms with Gasteiger partial charge in [-0.25, -0.2) is 4.79 Å². The fourth-order valence-corrected chi connectivity index (χ4v) is 3.62. The monoisotopic (exact) mass is 460 g/mol. The van der Waals surface area contributed by atoms with Crippen LogP contribution in [0, 0.1) is 5.41 Å². The molecule has 0 atom stereocenters. The molecule has 0 amide bonds. The van der Waals surface area contributed by atoms with Gasteiger partial charge < -0.3 is 14.2 Å². The van der Waals surface area contributed by atoms with Gasteiger partial charge in [-0.05, 0) is 35.7 Å². The molecule has 0 radical (unpaired) electrons. The average molecular weight is 461 g/mol. The number of cyclic esters (lactones) is 2. The Hall–Kier alpha value is -2.67. The normalized spacial score (nSPS) is 17.2. The van der Waals surface area contributed by atoms with Gasteiger partial charge in [0.1, 0.15) is 0 Å². The number of hydrogen-bond acceptors (Lipinski definition) is 6. The van der Waals surface area contributed by atoms with E-state index >= 15 is 0 Å². The Bertz CT molecular complexity index is 928. The molecule has 2 aromatic rings. The summed E-state index contributed by atoms with van der Waals surface area (Å²) in [6.45, 7) is 3.02. The number of carbonyl (C=O) groups excluding carboxylic acids is 3. The number of benzene rings is 2. The van der Waals surface area contributed by atoms with Gasteiger partial charge in [-0.15, -0.1) is 0 Å². The van der Waals surface area contributed by atoms with Crippen LogP contribution < -0.4 is 0 Å². The first-order valence-electron chi connectivity index (χ1n) is 9.04. The number of ether oxygens (including phenoxy) is 3. The number of rotatable bonds is 5. The van der Waals surface area contributed by atoms with E-state index in [0.717, 1.165) is 10.0 Å². The fourth-order valence-electron chi connectivity index (χ4n) is 3.36. The lowest BCUT2D eigenvalue weighted by Crippen LogP contribution is -2.56. The van der Waals surface area contributed by atoms with Crippen LogP contribution in [0.25, 0.3) is 0 Å². The molecule has 2 aromatic carbocycles. The van der Waals surface area contributed by atoms with E-state index < -0.39 is 29.1 Å². The third-order valence-electron chi connectivity index (χ3n) is 4.79. The molecule has 1 aliphatic heterocycles. The summed E-state index contributed by atoms with van der Waals surface area (Å²) in [4.78, 5) is 38.4. The molecule has 1 fully saturated rings. The average Bonchev–Trinajstić information content (AvgIpc) is 2.67. The highest BCUT2D eigenvalue weighted by molar-refractivity contribution is 9.10. The van der Waals surface area contributed by atoms with Crippen molar-refractivity contribution in [2.24, 2.45) is 5.41 Å². The van der Waals surface area contributed by atoms with Gasteiger partial charge >= 0.3 is 17.9 Å². The van der Waals surface area contributed by atoms with E-state index in [1.165, 1.54) is 21.0 Å². The van der Waals surface area contributed by atoms with Gasteiger partial charge in [0.25, 0.3) is 5.79 Å². The van der Waals surface area contributed by atoms with Crippen molar-refractivity contribution < 1.29 is 28.6 Å². The van der Waals surface area contributed by atoms with E-state index in [0.29, 0.717) is 5.56 Å². The molecule has 0 bridgehead atoms. The molecular formula is C22H21BrO6. The molecule has 29 heavy (non-hydrogen) atoms. The summed E-state index contributed by atoms with van der Waals surface area (Å²) in [5.41, 5.74) is -0.0638. The van der Waals surface area contributed by atoms with Crippen molar-refractivity contribution in [2.45, 2.75) is 32.5 Å². The molecule has 3 rings (SSSR count). The number of halogens is 1. The lowest BCUT2D eigenvalue weighted by Gasteiger charge is -2.40. The van der Waals surface area contributed by atoms with Crippen LogP contribution in [0.3, 0.4) is 0 Å². The molecule has 0 N–H and O–H groups in total. The molecule has 0 aromatic heterocycles. The van der Waals surface area contributed by atoms with Crippen LogP contribution in [0.1, 0.15) is 35.3 Å². The van der Waals surface area contributed by atoms with Crippen molar-refractivity contribution in [3.8, 4) is 0 Å². The highest BCUT2D eigenvalue weighted by Gasteiger charge is 2.56. The highest BCUT2D eigenvalue weighted by Crippen LogP contribution is 2.39. The SMILES string of the molecule is COC(=O)c1ccccc1CC1(Cc2ccc(Br)cc2)C(=O)OC(C)(C)OC1=O. The van der Waals surface area contributed by atoms with Gasteiger partial charge in [0.15, 0.2) is 5.41 Å². The van der Waals surface area contributed by atoms with Crippen LogP contribution in [-0.2, 0) is 36.6 Å². The predicted molar refractivity (Wildman–Crippen MR) is 108 cm³/mol. The first-order chi connectivity index (χ1) is 13.7. The zero-order chi connectivity index (χ0) is 21.2. The maximum Gasteiger partial charge on any atom is 0.338 e. The van der Waals surface area contributed by atoms with Crippen LogP contribution in [0.15, 0.2) is 53.0 Å². The molecule has 1 aliphatic rings. The van der Waals surface area contributed by atoms with Crippen molar-refractivity contribution >= 4 is 33.8 Å². The van der Waals surface area contributed by atoms with Gasteiger partial charge in [-0.1, -0.05) is 46.3 Å². The van der Waals surface area contributed by atoms with Crippen LogP contribution >= 0.6 is 15.9 Å². The van der Waals surface area contributed by atoms with Crippen LogP contribution in [-0.4, -0.2) is 30.8 Å². The fraction of sp³-hybridized carbons (Fsp3) is 0.318. The lowest BCUT2D eigenvalue weighted by molar-refractivity contribution is -0.251. The maximum atomic E-state index is 13.1. The molecule has 7 heteroatoms. The molecule has 0 unspecified atom stereocenters. The number of esters is 3. The molecule has 0 aliphatic carbocycles. The van der Waals surface area contributed by atoms with E-state index in [9.17, 15) is 14.4 Å². The first-order valence-corrected chi connectivity index (χ1v) is 9.84. The number of carbonyl (C=O) groups is 3. The highest BCUT2D eigenvalue weighted by atomic mass is 79.9. The topological polar surface area (TPSA) is 78.9 Å². The molecule has 1 heterocycles. The first kappa shape index (κ1) is 21.0. The Morgan fingerprint density at radius 2 is 1.55 bits per heavy atom. The summed E-state index contributed by atoms with van der Waals surface area (Å²) in [5.74, 6) is -3.25. The van der Waals surface area contributed by atoms with Crippen molar-refractivity contribution in [3.05, 3.63) is 69.7 Å². The summed E-state index contributed by atoms with van der Waals surface area (Å²) in [6.07, 6.45) is 0.0195. The summed E-state index contributed by atoms with van der Waals surface area (Å²) >= 11 is 3.38. The van der Waals surface area contributed by atoms with Gasteiger partial charge in [-0.3, -0.25) is 9.59 Å². The molecular weight excluding hydrogens is 440 g/mol. The molecule has 1 saturated heterocycles. The van der Waals surface area contributed by atoms with Gasteiger partial charge in [0.2, 0.25) is 0 Å². The van der Waals surface area contributed by atoms with Crippen LogP contribution in [0.5, 0.6) is 0 Å². The van der Waals surface area contributed by atoms with Gasteiger partial charge in [-0.2, -0.15) is 0 Å². The Kier molecular flexibility index (Phi) is 5.80. The van der Waals surface area contributed by atoms with Gasteiger partial charge in [0, 0.05) is 24.7 Å². The molecule has 152 valence electrons. The second-order valence-electron chi connectivity index (χ2n) is 7.39. The maximum absolute atomic E-state index is 13.1. The van der Waals surface area contributed by atoms with E-state index in [2.05, 4.69) is 15.9 Å². The van der Waals surface area contributed by atoms with Crippen molar-refractivity contribution in [1.29, 1.82) is 0 Å². The number of methoxy groups -OCH3 is 1. The zero-order valence-corrected chi connectivity index (χ0v) is 17.9. The predicted octanol–water partition coefficient (Wildman–Crippen LogP) is 3.84. The minimum absolute atomic E-state index is 0.0535. The van der Waals surface area contributed by atoms with E-state index in [1.807, 2.05) is 24.3 Å². The minimum Gasteiger partial charge on any atom is -0.465 e. The summed E-state index contributed by atoms with van der Waals surface area (Å²) < 4.78 is 16.6. The largest absolute Gasteiger partial charge is 0.465 e. The molecule has 6 nitrogen and oxygen atoms in total. The van der Waals surface area contributed by atoms with Crippen LogP contribution in [0.2, 0.25) is 0 Å². The third kappa shape index (κ3) is 4.34. The zero-order valence-electron chi connectivity index (χ0n) is 16.4. The smallest absolute Gasteiger partial charge is 0.338 e. The van der Waals surface area contributed by atoms with Gasteiger partial charge in [0.05, 0.1) is 12.7 Å². The van der Waals surface area contributed by atoms with Crippen molar-refractivity contribution in [2.75, 3.05) is 7.11 Å².